The van der Waals surface area contributed by atoms with Crippen molar-refractivity contribution in [2.75, 3.05) is 5.32 Å². The van der Waals surface area contributed by atoms with Crippen LogP contribution in [0.25, 0.3) is 4.08 Å². The SMILES string of the molecule is OC1CCC(NC2=IC=c3nc(Nc4cc(C(F)(F)F)ccc4F)n(C4CCCC4)c3=N2)CC1. The number of rotatable bonds is 5. The molecule has 2 aliphatic carbocycles. The molecule has 2 aromatic rings. The van der Waals surface area contributed by atoms with E-state index in [4.69, 9.17) is 4.99 Å². The molecule has 0 amide bonds. The minimum Gasteiger partial charge on any atom is -0.393 e. The van der Waals surface area contributed by atoms with Crippen LogP contribution >= 0.6 is 20.7 Å². The lowest BCUT2D eigenvalue weighted by molar-refractivity contribution is -0.137. The zero-order valence-electron chi connectivity index (χ0n) is 18.4. The number of imidazole rings is 1. The van der Waals surface area contributed by atoms with E-state index in [2.05, 4.69) is 19.7 Å². The number of halogens is 5. The van der Waals surface area contributed by atoms with E-state index in [-0.39, 0.29) is 23.9 Å². The van der Waals surface area contributed by atoms with E-state index in [9.17, 15) is 22.7 Å². The molecule has 3 N–H and O–H groups in total. The summed E-state index contributed by atoms with van der Waals surface area (Å²) in [7, 11) is 0. The fourth-order valence-electron chi connectivity index (χ4n) is 4.81. The number of aliphatic hydroxyl groups is 1. The second-order valence-electron chi connectivity index (χ2n) is 9.04. The van der Waals surface area contributed by atoms with Gasteiger partial charge in [0.25, 0.3) is 0 Å². The Kier molecular flexibility index (Phi) is 6.77. The molecule has 0 atom stereocenters. The molecule has 3 aliphatic rings. The van der Waals surface area contributed by atoms with E-state index in [0.717, 1.165) is 73.3 Å². The first-order valence-corrected chi connectivity index (χ1v) is 13.9. The maximum atomic E-state index is 14.5. The molecule has 6 nitrogen and oxygen atoms in total. The summed E-state index contributed by atoms with van der Waals surface area (Å²) in [4.78, 5) is 9.51. The molecule has 2 saturated carbocycles. The van der Waals surface area contributed by atoms with Gasteiger partial charge >= 0.3 is 6.18 Å². The highest BCUT2D eigenvalue weighted by Gasteiger charge is 2.32. The number of anilines is 2. The largest absolute Gasteiger partial charge is 0.416 e. The summed E-state index contributed by atoms with van der Waals surface area (Å²) in [5.41, 5.74) is -0.500. The molecule has 0 spiro atoms. The molecular formula is C23H26F4IN5O. The molecule has 1 aromatic carbocycles. The van der Waals surface area contributed by atoms with Gasteiger partial charge in [-0.1, -0.05) is 12.8 Å². The highest BCUT2D eigenvalue weighted by Crippen LogP contribution is 2.34. The van der Waals surface area contributed by atoms with Gasteiger partial charge in [0.05, 0.1) is 17.4 Å². The zero-order chi connectivity index (χ0) is 23.9. The van der Waals surface area contributed by atoms with Crippen molar-refractivity contribution in [3.8, 4) is 0 Å². The Morgan fingerprint density at radius 2 is 1.79 bits per heavy atom. The quantitative estimate of drug-likeness (QED) is 0.360. The standard InChI is InChI=1S/C23H26F4IN5O/c24-17-10-5-13(23(25,26)27)11-18(17)30-22-31-19-12-28-21(29-14-6-8-16(34)9-7-14)32-20(19)33(22)15-3-1-2-4-15/h5,10-12,14-16,34H,1-4,6-9H2,(H,29,32)(H,30,31). The van der Waals surface area contributed by atoms with Crippen LogP contribution in [0, 0.1) is 5.82 Å². The summed E-state index contributed by atoms with van der Waals surface area (Å²) >= 11 is -0.554. The van der Waals surface area contributed by atoms with Gasteiger partial charge in [0.1, 0.15) is 14.9 Å². The Hall–Kier alpha value is -1.86. The smallest absolute Gasteiger partial charge is 0.393 e. The summed E-state index contributed by atoms with van der Waals surface area (Å²) in [6.45, 7) is 0. The third-order valence-corrected chi connectivity index (χ3v) is 8.67. The van der Waals surface area contributed by atoms with Crippen LogP contribution in [0.15, 0.2) is 23.2 Å². The predicted octanol–water partition coefficient (Wildman–Crippen LogP) is 4.22. The van der Waals surface area contributed by atoms with Gasteiger partial charge in [-0.15, -0.1) is 0 Å². The van der Waals surface area contributed by atoms with Crippen LogP contribution in [0.2, 0.25) is 0 Å². The van der Waals surface area contributed by atoms with Gasteiger partial charge in [-0.05, 0) is 77.5 Å². The predicted molar refractivity (Wildman–Crippen MR) is 130 cm³/mol. The molecule has 34 heavy (non-hydrogen) atoms. The molecule has 0 bridgehead atoms. The topological polar surface area (TPSA) is 74.5 Å². The fraction of sp³-hybridized carbons (Fsp3) is 0.522. The first-order chi connectivity index (χ1) is 16.3. The lowest BCUT2D eigenvalue weighted by Gasteiger charge is -2.26. The molecule has 184 valence electrons. The number of hydrogen-bond donors (Lipinski definition) is 3. The molecule has 0 radical (unpaired) electrons. The van der Waals surface area contributed by atoms with Gasteiger partial charge in [0.2, 0.25) is 5.95 Å². The first kappa shape index (κ1) is 23.9. The lowest BCUT2D eigenvalue weighted by atomic mass is 9.93. The van der Waals surface area contributed by atoms with E-state index < -0.39 is 38.3 Å². The molecular weight excluding hydrogens is 565 g/mol. The molecule has 11 heteroatoms. The fourth-order valence-corrected chi connectivity index (χ4v) is 6.81. The van der Waals surface area contributed by atoms with Crippen molar-refractivity contribution in [1.82, 2.24) is 14.9 Å². The van der Waals surface area contributed by atoms with E-state index in [0.29, 0.717) is 16.8 Å². The molecule has 5 rings (SSSR count). The Morgan fingerprint density at radius 1 is 1.06 bits per heavy atom. The highest BCUT2D eigenvalue weighted by atomic mass is 127. The average molecular weight is 591 g/mol. The average Bonchev–Trinajstić information content (AvgIpc) is 3.43. The van der Waals surface area contributed by atoms with Crippen molar-refractivity contribution >= 4 is 40.2 Å². The molecule has 0 unspecified atom stereocenters. The van der Waals surface area contributed by atoms with Gasteiger partial charge in [-0.25, -0.2) is 14.4 Å². The molecule has 1 aliphatic heterocycles. The van der Waals surface area contributed by atoms with E-state index in [1.165, 1.54) is 0 Å². The lowest BCUT2D eigenvalue weighted by Crippen LogP contribution is -2.41. The van der Waals surface area contributed by atoms with Gasteiger partial charge in [0, 0.05) is 16.2 Å². The number of nitrogens with zero attached hydrogens (tertiary/aromatic N) is 3. The second kappa shape index (κ2) is 9.65. The Labute approximate surface area is 203 Å². The number of aliphatic hydroxyl groups excluding tert-OH is 1. The van der Waals surface area contributed by atoms with Crippen LogP contribution in [0.4, 0.5) is 29.2 Å². The monoisotopic (exact) mass is 591 g/mol. The normalized spacial score (nSPS) is 23.4. The Bertz CT molecular complexity index is 1210. The van der Waals surface area contributed by atoms with Gasteiger partial charge < -0.3 is 10.4 Å². The first-order valence-electron chi connectivity index (χ1n) is 11.5. The summed E-state index contributed by atoms with van der Waals surface area (Å²) in [5, 5.41) is 16.8. The third-order valence-electron chi connectivity index (χ3n) is 6.63. The van der Waals surface area contributed by atoms with Gasteiger partial charge in [0.15, 0.2) is 5.49 Å². The molecule has 0 saturated heterocycles. The second-order valence-corrected chi connectivity index (χ2v) is 11.3. The van der Waals surface area contributed by atoms with Crippen LogP contribution in [0.1, 0.15) is 63.0 Å². The van der Waals surface area contributed by atoms with Crippen molar-refractivity contribution in [3.05, 3.63) is 40.4 Å². The molecule has 2 fully saturated rings. The van der Waals surface area contributed by atoms with Gasteiger partial charge in [-0.2, -0.15) is 13.2 Å². The van der Waals surface area contributed by atoms with Crippen LogP contribution in [-0.4, -0.2) is 30.6 Å². The van der Waals surface area contributed by atoms with E-state index in [1.54, 1.807) is 0 Å². The number of nitrogens with one attached hydrogen (secondary N) is 2. The maximum absolute atomic E-state index is 14.5. The maximum Gasteiger partial charge on any atom is 0.416 e. The summed E-state index contributed by atoms with van der Waals surface area (Å²) in [6, 6.07) is 2.72. The summed E-state index contributed by atoms with van der Waals surface area (Å²) in [5.74, 6) is -0.449. The van der Waals surface area contributed by atoms with Crippen LogP contribution in [-0.2, 0) is 6.18 Å². The highest BCUT2D eigenvalue weighted by molar-refractivity contribution is 14.2. The van der Waals surface area contributed by atoms with Crippen LogP contribution in [0.5, 0.6) is 0 Å². The number of hydrogen-bond acceptors (Lipinski definition) is 5. The zero-order valence-corrected chi connectivity index (χ0v) is 20.5. The Morgan fingerprint density at radius 3 is 2.50 bits per heavy atom. The van der Waals surface area contributed by atoms with E-state index >= 15 is 0 Å². The number of aromatic nitrogens is 2. The van der Waals surface area contributed by atoms with Crippen molar-refractivity contribution < 1.29 is 22.7 Å². The molecule has 2 heterocycles. The minimum atomic E-state index is -4.57. The van der Waals surface area contributed by atoms with Gasteiger partial charge in [-0.3, -0.25) is 9.88 Å². The Balaban J connectivity index is 1.48. The van der Waals surface area contributed by atoms with Crippen molar-refractivity contribution in [2.24, 2.45) is 4.99 Å². The number of fused-ring (bicyclic) bond motifs is 1. The summed E-state index contributed by atoms with van der Waals surface area (Å²) < 4.78 is 59.0. The van der Waals surface area contributed by atoms with Crippen LogP contribution in [0.3, 0.4) is 0 Å². The van der Waals surface area contributed by atoms with Crippen molar-refractivity contribution in [1.29, 1.82) is 0 Å². The number of benzene rings is 1. The summed E-state index contributed by atoms with van der Waals surface area (Å²) in [6.07, 6.45) is 2.45. The van der Waals surface area contributed by atoms with E-state index in [1.807, 2.05) is 4.57 Å². The number of alkyl halides is 3. The minimum absolute atomic E-state index is 0.104. The third kappa shape index (κ3) is 5.06. The van der Waals surface area contributed by atoms with Crippen molar-refractivity contribution in [3.63, 3.8) is 0 Å². The van der Waals surface area contributed by atoms with Crippen molar-refractivity contribution in [2.45, 2.75) is 75.7 Å². The van der Waals surface area contributed by atoms with Crippen LogP contribution < -0.4 is 21.5 Å². The molecule has 1 aromatic heterocycles.